The Morgan fingerprint density at radius 2 is 1.90 bits per heavy atom. The molecule has 29 heavy (non-hydrogen) atoms. The van der Waals surface area contributed by atoms with Crippen molar-refractivity contribution in [3.05, 3.63) is 63.6 Å². The van der Waals surface area contributed by atoms with Crippen molar-refractivity contribution in [3.8, 4) is 11.8 Å². The molecule has 0 aromatic heterocycles. The molecule has 1 heterocycles. The van der Waals surface area contributed by atoms with Crippen molar-refractivity contribution in [2.24, 2.45) is 0 Å². The van der Waals surface area contributed by atoms with E-state index in [9.17, 15) is 10.4 Å². The second-order valence-corrected chi connectivity index (χ2v) is 7.56. The molecule has 1 atom stereocenters. The predicted molar refractivity (Wildman–Crippen MR) is 115 cm³/mol. The maximum absolute atomic E-state index is 10.2. The summed E-state index contributed by atoms with van der Waals surface area (Å²) in [5, 5.41) is 20.5. The molecule has 0 amide bonds. The van der Waals surface area contributed by atoms with Crippen LogP contribution in [0.4, 0.5) is 0 Å². The molecular formula is C22H22Cl2N2O3. The lowest BCUT2D eigenvalue weighted by molar-refractivity contribution is 0.00465. The highest BCUT2D eigenvalue weighted by Gasteiger charge is 2.15. The monoisotopic (exact) mass is 432 g/mol. The third kappa shape index (κ3) is 6.46. The van der Waals surface area contributed by atoms with E-state index in [4.69, 9.17) is 32.7 Å². The number of nitrogens with zero attached hydrogens (tertiary/aromatic N) is 2. The molecule has 1 N–H and O–H groups in total. The van der Waals surface area contributed by atoms with E-state index < -0.39 is 6.10 Å². The molecule has 1 unspecified atom stereocenters. The SMILES string of the molecule is N#C/C(=C\c1ccc(OCC(O)CN2CCOCC2)cc1)c1ccc(Cl)c(Cl)c1. The molecule has 1 aliphatic heterocycles. The Bertz CT molecular complexity index is 888. The van der Waals surface area contributed by atoms with Gasteiger partial charge in [0.25, 0.3) is 0 Å². The van der Waals surface area contributed by atoms with Crippen LogP contribution >= 0.6 is 23.2 Å². The second-order valence-electron chi connectivity index (χ2n) is 6.75. The maximum atomic E-state index is 10.2. The summed E-state index contributed by atoms with van der Waals surface area (Å²) in [5.41, 5.74) is 2.04. The first-order valence-electron chi connectivity index (χ1n) is 9.33. The molecule has 1 aliphatic rings. The van der Waals surface area contributed by atoms with Crippen molar-refractivity contribution in [2.75, 3.05) is 39.5 Å². The van der Waals surface area contributed by atoms with Crippen molar-refractivity contribution < 1.29 is 14.6 Å². The molecule has 7 heteroatoms. The van der Waals surface area contributed by atoms with E-state index in [0.29, 0.717) is 46.7 Å². The number of halogens is 2. The van der Waals surface area contributed by atoms with Crippen LogP contribution < -0.4 is 4.74 Å². The van der Waals surface area contributed by atoms with Gasteiger partial charge in [-0.05, 0) is 41.5 Å². The minimum absolute atomic E-state index is 0.221. The Morgan fingerprint density at radius 3 is 2.55 bits per heavy atom. The number of hydrogen-bond acceptors (Lipinski definition) is 5. The number of benzene rings is 2. The molecule has 2 aromatic rings. The summed E-state index contributed by atoms with van der Waals surface area (Å²) >= 11 is 12.0. The normalized spacial score (nSPS) is 16.3. The van der Waals surface area contributed by atoms with E-state index in [1.807, 2.05) is 24.3 Å². The zero-order valence-electron chi connectivity index (χ0n) is 15.9. The first-order chi connectivity index (χ1) is 14.0. The topological polar surface area (TPSA) is 65.7 Å². The highest BCUT2D eigenvalue weighted by atomic mass is 35.5. The molecule has 1 saturated heterocycles. The summed E-state index contributed by atoms with van der Waals surface area (Å²) < 4.78 is 11.0. The summed E-state index contributed by atoms with van der Waals surface area (Å²) in [6.45, 7) is 3.86. The molecule has 2 aromatic carbocycles. The van der Waals surface area contributed by atoms with Gasteiger partial charge in [0.1, 0.15) is 18.5 Å². The smallest absolute Gasteiger partial charge is 0.119 e. The van der Waals surface area contributed by atoms with Gasteiger partial charge in [-0.2, -0.15) is 5.26 Å². The fourth-order valence-corrected chi connectivity index (χ4v) is 3.30. The van der Waals surface area contributed by atoms with Gasteiger partial charge in [-0.3, -0.25) is 4.90 Å². The lowest BCUT2D eigenvalue weighted by Crippen LogP contribution is -2.42. The van der Waals surface area contributed by atoms with Crippen LogP contribution in [0.3, 0.4) is 0 Å². The average Bonchev–Trinajstić information content (AvgIpc) is 2.74. The average molecular weight is 433 g/mol. The summed E-state index contributed by atoms with van der Waals surface area (Å²) in [7, 11) is 0. The standard InChI is InChI=1S/C22H22Cl2N2O3/c23-21-6-3-17(12-22(21)24)18(13-25)11-16-1-4-20(5-2-16)29-15-19(27)14-26-7-9-28-10-8-26/h1-6,11-12,19,27H,7-10,14-15H2/b18-11+. The Balaban J connectivity index is 1.58. The fourth-order valence-electron chi connectivity index (χ4n) is 3.00. The third-order valence-corrected chi connectivity index (χ3v) is 5.30. The Hall–Kier alpha value is -2.07. The molecule has 0 aliphatic carbocycles. The number of aliphatic hydroxyl groups is 1. The van der Waals surface area contributed by atoms with E-state index in [1.54, 1.807) is 24.3 Å². The van der Waals surface area contributed by atoms with Gasteiger partial charge in [-0.1, -0.05) is 41.4 Å². The van der Waals surface area contributed by atoms with Crippen molar-refractivity contribution >= 4 is 34.9 Å². The molecular weight excluding hydrogens is 411 g/mol. The number of aliphatic hydroxyl groups excluding tert-OH is 1. The van der Waals surface area contributed by atoms with Gasteiger partial charge in [0.05, 0.1) is 34.9 Å². The molecule has 152 valence electrons. The molecule has 0 bridgehead atoms. The van der Waals surface area contributed by atoms with Gasteiger partial charge >= 0.3 is 0 Å². The van der Waals surface area contributed by atoms with Gasteiger partial charge < -0.3 is 14.6 Å². The van der Waals surface area contributed by atoms with Crippen LogP contribution in [0, 0.1) is 11.3 Å². The molecule has 0 radical (unpaired) electrons. The second kappa shape index (κ2) is 10.6. The lowest BCUT2D eigenvalue weighted by Gasteiger charge is -2.28. The number of ether oxygens (including phenoxy) is 2. The van der Waals surface area contributed by atoms with Crippen LogP contribution in [-0.2, 0) is 4.74 Å². The zero-order valence-corrected chi connectivity index (χ0v) is 17.4. The number of morpholine rings is 1. The van der Waals surface area contributed by atoms with Crippen LogP contribution in [0.25, 0.3) is 11.6 Å². The van der Waals surface area contributed by atoms with Crippen molar-refractivity contribution in [3.63, 3.8) is 0 Å². The Morgan fingerprint density at radius 1 is 1.17 bits per heavy atom. The molecule has 3 rings (SSSR count). The molecule has 0 spiro atoms. The van der Waals surface area contributed by atoms with E-state index >= 15 is 0 Å². The van der Waals surface area contributed by atoms with Gasteiger partial charge in [-0.25, -0.2) is 0 Å². The van der Waals surface area contributed by atoms with Crippen molar-refractivity contribution in [2.45, 2.75) is 6.10 Å². The molecule has 1 fully saturated rings. The number of rotatable bonds is 7. The summed E-state index contributed by atoms with van der Waals surface area (Å²) in [4.78, 5) is 2.16. The summed E-state index contributed by atoms with van der Waals surface area (Å²) in [5.74, 6) is 0.663. The van der Waals surface area contributed by atoms with Crippen LogP contribution in [0.5, 0.6) is 5.75 Å². The lowest BCUT2D eigenvalue weighted by atomic mass is 10.0. The van der Waals surface area contributed by atoms with E-state index in [1.165, 1.54) is 0 Å². The summed E-state index contributed by atoms with van der Waals surface area (Å²) in [6, 6.07) is 14.6. The van der Waals surface area contributed by atoms with Crippen molar-refractivity contribution in [1.82, 2.24) is 4.90 Å². The van der Waals surface area contributed by atoms with Gasteiger partial charge in [-0.15, -0.1) is 0 Å². The van der Waals surface area contributed by atoms with Crippen molar-refractivity contribution in [1.29, 1.82) is 5.26 Å². The summed E-state index contributed by atoms with van der Waals surface area (Å²) in [6.07, 6.45) is 1.21. The van der Waals surface area contributed by atoms with Crippen LogP contribution in [0.1, 0.15) is 11.1 Å². The first-order valence-corrected chi connectivity index (χ1v) is 10.1. The van der Waals surface area contributed by atoms with Crippen LogP contribution in [0.2, 0.25) is 10.0 Å². The third-order valence-electron chi connectivity index (χ3n) is 4.56. The number of nitriles is 1. The molecule has 5 nitrogen and oxygen atoms in total. The van der Waals surface area contributed by atoms with Crippen LogP contribution in [-0.4, -0.2) is 55.6 Å². The highest BCUT2D eigenvalue weighted by molar-refractivity contribution is 6.42. The van der Waals surface area contributed by atoms with Gasteiger partial charge in [0, 0.05) is 19.6 Å². The fraction of sp³-hybridized carbons (Fsp3) is 0.318. The largest absolute Gasteiger partial charge is 0.491 e. The first kappa shape index (κ1) is 21.6. The maximum Gasteiger partial charge on any atom is 0.119 e. The molecule has 0 saturated carbocycles. The van der Waals surface area contributed by atoms with E-state index in [-0.39, 0.29) is 6.61 Å². The van der Waals surface area contributed by atoms with Crippen LogP contribution in [0.15, 0.2) is 42.5 Å². The number of hydrogen-bond donors (Lipinski definition) is 1. The Kier molecular flexibility index (Phi) is 7.93. The minimum Gasteiger partial charge on any atom is -0.491 e. The number of allylic oxidation sites excluding steroid dienone is 1. The van der Waals surface area contributed by atoms with Gasteiger partial charge in [0.2, 0.25) is 0 Å². The highest BCUT2D eigenvalue weighted by Crippen LogP contribution is 2.27. The van der Waals surface area contributed by atoms with E-state index in [2.05, 4.69) is 11.0 Å². The Labute approximate surface area is 180 Å². The number of β-amino-alcohol motifs (C(OH)–C–C–N with tert-alkyl or cyclic N) is 1. The van der Waals surface area contributed by atoms with E-state index in [0.717, 1.165) is 18.7 Å². The van der Waals surface area contributed by atoms with Gasteiger partial charge in [0.15, 0.2) is 0 Å². The predicted octanol–water partition coefficient (Wildman–Crippen LogP) is 4.13. The zero-order chi connectivity index (χ0) is 20.6. The minimum atomic E-state index is -0.562. The quantitative estimate of drug-likeness (QED) is 0.526.